The number of esters is 1. The van der Waals surface area contributed by atoms with Gasteiger partial charge in [0.25, 0.3) is 0 Å². The van der Waals surface area contributed by atoms with Crippen LogP contribution < -0.4 is 26.4 Å². The maximum Gasteiger partial charge on any atom is 0.408 e. The molecule has 0 spiro atoms. The summed E-state index contributed by atoms with van der Waals surface area (Å²) in [6.45, 7) is 12.3. The Morgan fingerprint density at radius 3 is 2.12 bits per heavy atom. The fourth-order valence-electron chi connectivity index (χ4n) is 5.77. The van der Waals surface area contributed by atoms with E-state index < -0.39 is 47.3 Å². The smallest absolute Gasteiger partial charge is 0.408 e. The third-order valence-electron chi connectivity index (χ3n) is 8.67. The van der Waals surface area contributed by atoms with Crippen LogP contribution in [0.4, 0.5) is 15.4 Å². The summed E-state index contributed by atoms with van der Waals surface area (Å²) < 4.78 is 27.4. The Bertz CT molecular complexity index is 2330. The lowest BCUT2D eigenvalue weighted by Gasteiger charge is -2.24. The highest BCUT2D eigenvalue weighted by Gasteiger charge is 2.27. The second-order valence-electron chi connectivity index (χ2n) is 16.3. The molecule has 4 rings (SSSR count). The van der Waals surface area contributed by atoms with E-state index in [9.17, 15) is 29.7 Å². The number of benzene rings is 2. The number of oxazole rings is 1. The van der Waals surface area contributed by atoms with E-state index in [1.807, 2.05) is 0 Å². The number of nitrogen functional groups attached to an aromatic ring is 1. The molecule has 0 aliphatic heterocycles. The van der Waals surface area contributed by atoms with Gasteiger partial charge in [0.15, 0.2) is 0 Å². The molecule has 17 nitrogen and oxygen atoms in total. The summed E-state index contributed by atoms with van der Waals surface area (Å²) in [5.41, 5.74) is 7.26. The van der Waals surface area contributed by atoms with Gasteiger partial charge in [-0.3, -0.25) is 4.79 Å². The highest BCUT2D eigenvalue weighted by molar-refractivity contribution is 7.98. The molecule has 3 amide bonds. The van der Waals surface area contributed by atoms with E-state index in [1.165, 1.54) is 24.9 Å². The van der Waals surface area contributed by atoms with Crippen LogP contribution in [0.3, 0.4) is 0 Å². The molecule has 0 unspecified atom stereocenters. The Labute approximate surface area is 381 Å². The number of aromatic nitrogens is 2. The summed E-state index contributed by atoms with van der Waals surface area (Å²) >= 11 is 7.23. The van der Waals surface area contributed by atoms with E-state index in [4.69, 9.17) is 40.7 Å². The Morgan fingerprint density at radius 1 is 0.844 bits per heavy atom. The van der Waals surface area contributed by atoms with Crippen LogP contribution in [-0.2, 0) is 29.6 Å². The lowest BCUT2D eigenvalue weighted by molar-refractivity contribution is -0.147. The van der Waals surface area contributed by atoms with Gasteiger partial charge in [0, 0.05) is 34.9 Å². The zero-order valence-corrected chi connectivity index (χ0v) is 38.4. The van der Waals surface area contributed by atoms with Crippen LogP contribution in [0.25, 0.3) is 22.6 Å². The van der Waals surface area contributed by atoms with Crippen molar-refractivity contribution in [3.8, 4) is 40.5 Å². The monoisotopic (exact) mass is 916 g/mol. The van der Waals surface area contributed by atoms with E-state index in [2.05, 4.69) is 38.1 Å². The van der Waals surface area contributed by atoms with Crippen molar-refractivity contribution in [2.45, 2.75) is 108 Å². The molecule has 0 fully saturated rings. The first-order valence-electron chi connectivity index (χ1n) is 20.4. The van der Waals surface area contributed by atoms with Crippen molar-refractivity contribution in [3.63, 3.8) is 0 Å². The van der Waals surface area contributed by atoms with Gasteiger partial charge in [0.2, 0.25) is 11.8 Å². The summed E-state index contributed by atoms with van der Waals surface area (Å²) in [6.07, 6.45) is 1.64. The van der Waals surface area contributed by atoms with E-state index in [0.717, 1.165) is 5.56 Å². The maximum atomic E-state index is 13.2. The van der Waals surface area contributed by atoms with Crippen molar-refractivity contribution in [2.24, 2.45) is 0 Å². The van der Waals surface area contributed by atoms with Crippen LogP contribution >= 0.6 is 23.4 Å². The first-order chi connectivity index (χ1) is 30.3. The molecular weight excluding hydrogens is 864 g/mol. The predicted molar refractivity (Wildman–Crippen MR) is 240 cm³/mol. The SMILES string of the molecule is C[C@H](NC(=O)[C@H](CCCCNC(=O)OC(C)(C)C)NC(=O)OC(C)(C)C)C(=O)OCCCOc1ccc(-c2c(C#N)c(N)nc(SCc3coc(-c4ccc(Cl)cc4)n3)c2C#N)cc1. The number of alkyl carbamates (subject to hydrolysis) is 2. The Kier molecular flexibility index (Phi) is 18.2. The van der Waals surface area contributed by atoms with Crippen LogP contribution in [0.1, 0.15) is 91.0 Å². The highest BCUT2D eigenvalue weighted by atomic mass is 35.5. The molecule has 0 saturated carbocycles. The highest BCUT2D eigenvalue weighted by Crippen LogP contribution is 2.37. The zero-order valence-electron chi connectivity index (χ0n) is 36.8. The van der Waals surface area contributed by atoms with Gasteiger partial charge in [0.1, 0.15) is 63.8 Å². The van der Waals surface area contributed by atoms with Crippen molar-refractivity contribution in [1.29, 1.82) is 10.5 Å². The van der Waals surface area contributed by atoms with E-state index in [1.54, 1.807) is 90.1 Å². The summed E-state index contributed by atoms with van der Waals surface area (Å²) in [5, 5.41) is 29.0. The number of thioether (sulfide) groups is 1. The minimum atomic E-state index is -1.04. The molecule has 2 atom stereocenters. The number of carbonyl (C=O) groups excluding carboxylic acids is 4. The van der Waals surface area contributed by atoms with E-state index in [0.29, 0.717) is 70.1 Å². The number of unbranched alkanes of at least 4 members (excludes halogenated alkanes) is 1. The molecule has 0 saturated heterocycles. The fourth-order valence-corrected chi connectivity index (χ4v) is 6.76. The van der Waals surface area contributed by atoms with Crippen molar-refractivity contribution in [3.05, 3.63) is 76.6 Å². The third-order valence-corrected chi connectivity index (χ3v) is 9.93. The van der Waals surface area contributed by atoms with Gasteiger partial charge in [-0.15, -0.1) is 0 Å². The molecule has 19 heteroatoms. The number of nitrogens with two attached hydrogens (primary N) is 1. The number of ether oxygens (including phenoxy) is 4. The van der Waals surface area contributed by atoms with Crippen LogP contribution in [0, 0.1) is 22.7 Å². The lowest BCUT2D eigenvalue weighted by Crippen LogP contribution is -2.51. The molecule has 64 heavy (non-hydrogen) atoms. The molecule has 0 radical (unpaired) electrons. The molecule has 0 aliphatic rings. The molecule has 0 bridgehead atoms. The number of hydrogen-bond acceptors (Lipinski definition) is 15. The second kappa shape index (κ2) is 23.3. The maximum absolute atomic E-state index is 13.2. The number of anilines is 1. The molecule has 2 aromatic carbocycles. The summed E-state index contributed by atoms with van der Waals surface area (Å²) in [4.78, 5) is 59.4. The number of nitrogens with one attached hydrogen (secondary N) is 3. The van der Waals surface area contributed by atoms with Crippen molar-refractivity contribution < 1.29 is 42.5 Å². The number of halogens is 1. The van der Waals surface area contributed by atoms with Gasteiger partial charge < -0.3 is 45.0 Å². The molecule has 2 aromatic heterocycles. The van der Waals surface area contributed by atoms with Gasteiger partial charge in [-0.2, -0.15) is 10.5 Å². The number of rotatable bonds is 19. The van der Waals surface area contributed by atoms with Gasteiger partial charge in [-0.05, 0) is 110 Å². The molecule has 0 aliphatic carbocycles. The van der Waals surface area contributed by atoms with Crippen LogP contribution in [-0.4, -0.2) is 77.1 Å². The summed E-state index contributed by atoms with van der Waals surface area (Å²) in [6, 6.07) is 16.0. The van der Waals surface area contributed by atoms with Gasteiger partial charge in [-0.1, -0.05) is 35.5 Å². The van der Waals surface area contributed by atoms with Crippen molar-refractivity contribution in [1.82, 2.24) is 25.9 Å². The standard InChI is InChI=1S/C45H53ClN8O9S/c1-27(51-38(55)35(53-43(58)63-45(5,6)7)11-8-9-20-50-42(57)62-44(2,3)4)41(56)60-22-10-21-59-32-18-14-28(15-19-32)36-33(23-47)37(49)54-40(34(36)24-48)64-26-31-25-61-39(52-31)29-12-16-30(46)17-13-29/h12-19,25,27,35H,8-11,20-22,26H2,1-7H3,(H2,49,54)(H,50,57)(H,51,55)(H,53,58)/t27-,35-/m0/s1. The summed E-state index contributed by atoms with van der Waals surface area (Å²) in [7, 11) is 0. The number of amides is 3. The zero-order chi connectivity index (χ0) is 47.0. The molecule has 5 N–H and O–H groups in total. The largest absolute Gasteiger partial charge is 0.493 e. The molecule has 4 aromatic rings. The Morgan fingerprint density at radius 2 is 1.48 bits per heavy atom. The van der Waals surface area contributed by atoms with Gasteiger partial charge in [0.05, 0.1) is 24.5 Å². The topological polar surface area (TPSA) is 254 Å². The van der Waals surface area contributed by atoms with E-state index in [-0.39, 0.29) is 36.6 Å². The van der Waals surface area contributed by atoms with Crippen molar-refractivity contribution >= 4 is 53.2 Å². The number of nitrogens with zero attached hydrogens (tertiary/aromatic N) is 4. The second-order valence-corrected chi connectivity index (χ2v) is 17.7. The molecular formula is C45H53ClN8O9S. The Balaban J connectivity index is 1.27. The first kappa shape index (κ1) is 50.1. The summed E-state index contributed by atoms with van der Waals surface area (Å²) in [5.74, 6) is -0.107. The Hall–Kier alpha value is -6.50. The normalized spacial score (nSPS) is 12.2. The number of carbonyl (C=O) groups is 4. The lowest BCUT2D eigenvalue weighted by atomic mass is 9.97. The molecule has 340 valence electrons. The number of hydrogen-bond donors (Lipinski definition) is 4. The van der Waals surface area contributed by atoms with Crippen LogP contribution in [0.15, 0.2) is 64.2 Å². The average molecular weight is 917 g/mol. The third kappa shape index (κ3) is 16.0. The number of pyridine rings is 1. The quantitative estimate of drug-likeness (QED) is 0.0300. The predicted octanol–water partition coefficient (Wildman–Crippen LogP) is 8.08. The van der Waals surface area contributed by atoms with Crippen molar-refractivity contribution in [2.75, 3.05) is 25.5 Å². The van der Waals surface area contributed by atoms with Crippen LogP contribution in [0.5, 0.6) is 5.75 Å². The van der Waals surface area contributed by atoms with Gasteiger partial charge in [-0.25, -0.2) is 24.4 Å². The number of nitriles is 2. The minimum Gasteiger partial charge on any atom is -0.493 e. The van der Waals surface area contributed by atoms with E-state index >= 15 is 0 Å². The fraction of sp³-hybridized carbons (Fsp3) is 0.422. The molecule has 2 heterocycles. The average Bonchev–Trinajstić information content (AvgIpc) is 3.70. The first-order valence-corrected chi connectivity index (χ1v) is 21.8. The van der Waals surface area contributed by atoms with Gasteiger partial charge >= 0.3 is 18.2 Å². The minimum absolute atomic E-state index is 0.00800. The van der Waals surface area contributed by atoms with Crippen LogP contribution in [0.2, 0.25) is 5.02 Å².